The van der Waals surface area contributed by atoms with Crippen LogP contribution in [0.2, 0.25) is 0 Å². The summed E-state index contributed by atoms with van der Waals surface area (Å²) in [4.78, 5) is 4.06. The molecule has 2 atom stereocenters. The van der Waals surface area contributed by atoms with Crippen LogP contribution in [0.1, 0.15) is 50.9 Å². The molecule has 0 N–H and O–H groups in total. The summed E-state index contributed by atoms with van der Waals surface area (Å²) in [5.74, 6) is -31.0. The second-order valence-electron chi connectivity index (χ2n) is 10.3. The summed E-state index contributed by atoms with van der Waals surface area (Å²) in [6.07, 6.45) is -19.0. The van der Waals surface area contributed by atoms with Crippen LogP contribution in [0.15, 0.2) is 11.1 Å². The molecule has 0 bridgehead atoms. The lowest BCUT2D eigenvalue weighted by molar-refractivity contribution is -0.160. The minimum absolute atomic E-state index is 0.669. The van der Waals surface area contributed by atoms with Gasteiger partial charge < -0.3 is 0 Å². The Bertz CT molecular complexity index is 2250. The molecule has 2 aromatic carbocycles. The van der Waals surface area contributed by atoms with E-state index in [1.807, 2.05) is 9.97 Å². The third kappa shape index (κ3) is 6.23. The lowest BCUT2D eigenvalue weighted by Crippen LogP contribution is -2.27. The molecule has 0 saturated heterocycles. The molecule has 0 aliphatic heterocycles. The fraction of sp³-hybridized carbons (Fsp3) is 0.167. The summed E-state index contributed by atoms with van der Waals surface area (Å²) in [5, 5.41) is 47.3. The molecule has 7 nitrogen and oxygen atoms in total. The Hall–Kier alpha value is -6.74. The highest BCUT2D eigenvalue weighted by Gasteiger charge is 2.57. The number of nitrogens with zero attached hydrogens (tertiary/aromatic N) is 7. The van der Waals surface area contributed by atoms with E-state index in [-0.39, 0.29) is 0 Å². The summed E-state index contributed by atoms with van der Waals surface area (Å²) in [5.41, 5.74) is -25.1. The van der Waals surface area contributed by atoms with Crippen molar-refractivity contribution in [1.82, 2.24) is 9.97 Å². The van der Waals surface area contributed by atoms with E-state index in [9.17, 15) is 72.9 Å². The number of rotatable bonds is 4. The molecule has 1 aliphatic rings. The van der Waals surface area contributed by atoms with Gasteiger partial charge in [-0.3, -0.25) is 0 Å². The summed E-state index contributed by atoms with van der Waals surface area (Å²) >= 11 is 0. The van der Waals surface area contributed by atoms with Crippen LogP contribution in [-0.4, -0.2) is 9.97 Å². The van der Waals surface area contributed by atoms with Crippen molar-refractivity contribution >= 4 is 11.1 Å². The molecule has 1 saturated carbocycles. The van der Waals surface area contributed by atoms with Crippen molar-refractivity contribution in [2.24, 2.45) is 5.92 Å². The van der Waals surface area contributed by atoms with Crippen LogP contribution in [0.4, 0.5) is 74.6 Å². The number of allylic oxidation sites excluding steroid dienone is 4. The molecule has 0 spiro atoms. The van der Waals surface area contributed by atoms with Gasteiger partial charge in [0, 0.05) is 11.5 Å². The van der Waals surface area contributed by atoms with E-state index in [2.05, 4.69) is 0 Å². The van der Waals surface area contributed by atoms with Crippen molar-refractivity contribution in [3.8, 4) is 30.3 Å². The summed E-state index contributed by atoms with van der Waals surface area (Å²) in [6.45, 7) is 0. The minimum Gasteiger partial charge on any atom is -0.219 e. The van der Waals surface area contributed by atoms with E-state index >= 15 is 17.6 Å². The molecule has 0 amide bonds. The topological polar surface area (TPSA) is 145 Å². The number of hydrogen-bond acceptors (Lipinski definition) is 7. The Morgan fingerprint density at radius 3 is 1.04 bits per heavy atom. The van der Waals surface area contributed by atoms with Crippen LogP contribution in [0.5, 0.6) is 0 Å². The minimum atomic E-state index is -6.42. The smallest absolute Gasteiger partial charge is 0.219 e. The van der Waals surface area contributed by atoms with Gasteiger partial charge in [-0.15, -0.1) is 0 Å². The fourth-order valence-corrected chi connectivity index (χ4v) is 5.18. The highest BCUT2D eigenvalue weighted by molar-refractivity contribution is 5.98. The van der Waals surface area contributed by atoms with Gasteiger partial charge in [-0.05, 0) is 11.1 Å². The van der Waals surface area contributed by atoms with Gasteiger partial charge in [0.25, 0.3) is 0 Å². The zero-order valence-electron chi connectivity index (χ0n) is 24.7. The van der Waals surface area contributed by atoms with Gasteiger partial charge in [0.05, 0.1) is 34.3 Å². The molecular formula is C30H2F17N7. The van der Waals surface area contributed by atoms with Gasteiger partial charge in [-0.1, -0.05) is 0 Å². The monoisotopic (exact) mass is 783 g/mol. The molecule has 24 heteroatoms. The molecule has 276 valence electrons. The quantitative estimate of drug-likeness (QED) is 0.146. The zero-order valence-corrected chi connectivity index (χ0v) is 24.7. The second kappa shape index (κ2) is 13.3. The van der Waals surface area contributed by atoms with Crippen LogP contribution >= 0.6 is 0 Å². The Balaban J connectivity index is 2.34. The first-order valence-corrected chi connectivity index (χ1v) is 13.2. The molecular weight excluding hydrogens is 781 g/mol. The fourth-order valence-electron chi connectivity index (χ4n) is 5.18. The maximum absolute atomic E-state index is 15.2. The van der Waals surface area contributed by atoms with Crippen LogP contribution in [0.25, 0.3) is 11.1 Å². The molecule has 54 heavy (non-hydrogen) atoms. The predicted octanol–water partition coefficient (Wildman–Crippen LogP) is 8.58. The van der Waals surface area contributed by atoms with E-state index in [4.69, 9.17) is 10.5 Å². The van der Waals surface area contributed by atoms with Crippen molar-refractivity contribution < 1.29 is 74.6 Å². The van der Waals surface area contributed by atoms with E-state index in [0.717, 1.165) is 18.2 Å². The number of alkyl halides is 9. The molecule has 0 radical (unpaired) electrons. The van der Waals surface area contributed by atoms with Gasteiger partial charge in [0.15, 0.2) is 57.9 Å². The first kappa shape index (κ1) is 40.0. The number of aromatic nitrogens is 2. The maximum atomic E-state index is 15.2. The Morgan fingerprint density at radius 2 is 0.815 bits per heavy atom. The molecule has 4 rings (SSSR count). The molecule has 1 fully saturated rings. The molecule has 1 aliphatic carbocycles. The van der Waals surface area contributed by atoms with Gasteiger partial charge in [-0.25, -0.2) is 45.1 Å². The Morgan fingerprint density at radius 1 is 0.500 bits per heavy atom. The van der Waals surface area contributed by atoms with E-state index in [0.29, 0.717) is 12.1 Å². The average Bonchev–Trinajstić information content (AvgIpc) is 3.79. The number of halogens is 17. The van der Waals surface area contributed by atoms with Crippen LogP contribution in [0.3, 0.4) is 0 Å². The van der Waals surface area contributed by atoms with Crippen molar-refractivity contribution in [2.75, 3.05) is 0 Å². The summed E-state index contributed by atoms with van der Waals surface area (Å²) in [6, 6.07) is 3.64. The Kier molecular flexibility index (Phi) is 9.90. The summed E-state index contributed by atoms with van der Waals surface area (Å²) < 4.78 is 244. The van der Waals surface area contributed by atoms with Crippen LogP contribution in [-0.2, 0) is 18.5 Å². The SMILES string of the molecule is N#C/C(=C1\C(=C(\C#N)c2c(F)c(F)c(C#N)c(F)c2F)C1C(C#N)c1c(C(F)(F)F)nc(C(F)(F)F)nc1C(F)(F)F)c1c(F)c(F)c(C#N)c(F)c1F. The van der Waals surface area contributed by atoms with Gasteiger partial charge in [0.1, 0.15) is 35.4 Å². The third-order valence-corrected chi connectivity index (χ3v) is 7.36. The predicted molar refractivity (Wildman–Crippen MR) is 136 cm³/mol. The average molecular weight is 783 g/mol. The standard InChI is InChI=1S/C30H2F17N7/c31-17-9(4-51)18(32)22(36)14(21(17)35)6(1-48)11-12(7(2-49)15-23(37)19(33)10(5-52)20(34)24(15)38)13(11)8(3-50)16-25(28(39,40)41)53-27(30(45,46)47)54-26(16)29(42,43)44/h8,13H/b11-6-,12-7+. The number of nitriles is 5. The van der Waals surface area contributed by atoms with Crippen molar-refractivity contribution in [2.45, 2.75) is 24.4 Å². The summed E-state index contributed by atoms with van der Waals surface area (Å²) in [7, 11) is 0. The lowest BCUT2D eigenvalue weighted by atomic mass is 9.89. The van der Waals surface area contributed by atoms with Crippen LogP contribution in [0, 0.1) is 109 Å². The van der Waals surface area contributed by atoms with E-state index in [1.165, 1.54) is 0 Å². The van der Waals surface area contributed by atoms with E-state index in [1.54, 1.807) is 0 Å². The highest BCUT2D eigenvalue weighted by Crippen LogP contribution is 2.61. The Labute approximate surface area is 285 Å². The highest BCUT2D eigenvalue weighted by atomic mass is 19.4. The molecule has 1 heterocycles. The largest absolute Gasteiger partial charge is 0.451 e. The maximum Gasteiger partial charge on any atom is 0.451 e. The molecule has 3 aromatic rings. The van der Waals surface area contributed by atoms with Crippen LogP contribution < -0.4 is 0 Å². The number of benzene rings is 2. The third-order valence-electron chi connectivity index (χ3n) is 7.36. The van der Waals surface area contributed by atoms with Crippen molar-refractivity contribution in [3.63, 3.8) is 0 Å². The first-order chi connectivity index (χ1) is 24.9. The molecule has 1 aromatic heterocycles. The lowest BCUT2D eigenvalue weighted by Gasteiger charge is -2.21. The normalized spacial score (nSPS) is 16.7. The first-order valence-electron chi connectivity index (χ1n) is 13.2. The van der Waals surface area contributed by atoms with Gasteiger partial charge >= 0.3 is 18.5 Å². The zero-order chi connectivity index (χ0) is 41.2. The van der Waals surface area contributed by atoms with E-state index < -0.39 is 144 Å². The molecule has 2 unspecified atom stereocenters. The van der Waals surface area contributed by atoms with Crippen molar-refractivity contribution in [3.05, 3.63) is 103 Å². The van der Waals surface area contributed by atoms with Crippen molar-refractivity contribution in [1.29, 1.82) is 26.3 Å². The number of hydrogen-bond donors (Lipinski definition) is 0. The van der Waals surface area contributed by atoms with Gasteiger partial charge in [-0.2, -0.15) is 65.8 Å². The van der Waals surface area contributed by atoms with Gasteiger partial charge in [0.2, 0.25) is 5.82 Å². The second-order valence-corrected chi connectivity index (χ2v) is 10.3.